The minimum Gasteiger partial charge on any atom is -0.494 e. The third-order valence-electron chi connectivity index (χ3n) is 7.13. The summed E-state index contributed by atoms with van der Waals surface area (Å²) in [7, 11) is -4.21. The van der Waals surface area contributed by atoms with Crippen molar-refractivity contribution in [1.82, 2.24) is 10.2 Å². The lowest BCUT2D eigenvalue weighted by molar-refractivity contribution is -0.140. The van der Waals surface area contributed by atoms with Crippen molar-refractivity contribution in [3.05, 3.63) is 126 Å². The number of benzene rings is 4. The number of carbonyl (C=O) groups excluding carboxylic acids is 2. The lowest BCUT2D eigenvalue weighted by Gasteiger charge is -2.34. The first-order valence-electron chi connectivity index (χ1n) is 14.9. The highest BCUT2D eigenvalue weighted by atomic mass is 32.2. The number of nitrogens with zero attached hydrogens (tertiary/aromatic N) is 2. The zero-order chi connectivity index (χ0) is 32.2. The molecule has 1 atom stereocenters. The van der Waals surface area contributed by atoms with Gasteiger partial charge in [-0.3, -0.25) is 13.9 Å². The Hall–Kier alpha value is -4.70. The van der Waals surface area contributed by atoms with Gasteiger partial charge in [0.2, 0.25) is 11.8 Å². The third-order valence-corrected chi connectivity index (χ3v) is 8.92. The average Bonchev–Trinajstić information content (AvgIpc) is 3.06. The largest absolute Gasteiger partial charge is 0.494 e. The van der Waals surface area contributed by atoms with Crippen LogP contribution in [0.5, 0.6) is 5.75 Å². The van der Waals surface area contributed by atoms with Crippen LogP contribution in [0.2, 0.25) is 0 Å². The second-order valence-corrected chi connectivity index (χ2v) is 12.3. The fraction of sp³-hybridized carbons (Fsp3) is 0.257. The lowest BCUT2D eigenvalue weighted by Crippen LogP contribution is -2.53. The number of amides is 2. The molecule has 0 fully saturated rings. The Morgan fingerprint density at radius 1 is 0.822 bits per heavy atom. The van der Waals surface area contributed by atoms with Gasteiger partial charge in [0.15, 0.2) is 0 Å². The van der Waals surface area contributed by atoms with Gasteiger partial charge in [-0.15, -0.1) is 0 Å². The summed E-state index contributed by atoms with van der Waals surface area (Å²) in [6, 6.07) is 28.3. The van der Waals surface area contributed by atoms with Crippen molar-refractivity contribution in [2.45, 2.75) is 44.2 Å². The van der Waals surface area contributed by atoms with Gasteiger partial charge in [-0.05, 0) is 73.0 Å². The first-order chi connectivity index (χ1) is 21.7. The Kier molecular flexibility index (Phi) is 11.7. The Morgan fingerprint density at radius 2 is 1.44 bits per heavy atom. The SMILES string of the molecule is CCCNC(=O)[C@@H](Cc1ccccc1)N(Cc1ccc(F)cc1)C(=O)CN(c1ccc(OCC)cc1)S(=O)(=O)c1ccccc1. The van der Waals surface area contributed by atoms with Crippen LogP contribution in [-0.2, 0) is 32.6 Å². The van der Waals surface area contributed by atoms with E-state index in [9.17, 15) is 22.4 Å². The number of carbonyl (C=O) groups is 2. The summed E-state index contributed by atoms with van der Waals surface area (Å²) in [6.07, 6.45) is 0.883. The van der Waals surface area contributed by atoms with Gasteiger partial charge in [0.1, 0.15) is 24.2 Å². The molecular weight excluding hydrogens is 593 g/mol. The van der Waals surface area contributed by atoms with E-state index in [-0.39, 0.29) is 29.5 Å². The average molecular weight is 632 g/mol. The topological polar surface area (TPSA) is 96.0 Å². The number of hydrogen-bond donors (Lipinski definition) is 1. The van der Waals surface area contributed by atoms with E-state index in [2.05, 4.69) is 5.32 Å². The van der Waals surface area contributed by atoms with E-state index in [0.29, 0.717) is 30.9 Å². The Bertz CT molecular complexity index is 1630. The maximum Gasteiger partial charge on any atom is 0.264 e. The normalized spacial score (nSPS) is 11.8. The van der Waals surface area contributed by atoms with Crippen LogP contribution in [0.4, 0.5) is 10.1 Å². The number of halogens is 1. The fourth-order valence-electron chi connectivity index (χ4n) is 4.83. The molecule has 0 radical (unpaired) electrons. The fourth-order valence-corrected chi connectivity index (χ4v) is 6.27. The van der Waals surface area contributed by atoms with Gasteiger partial charge in [0.05, 0.1) is 17.2 Å². The molecule has 0 saturated heterocycles. The molecule has 8 nitrogen and oxygen atoms in total. The highest BCUT2D eigenvalue weighted by molar-refractivity contribution is 7.92. The molecule has 0 aliphatic rings. The number of ether oxygens (including phenoxy) is 1. The molecule has 4 aromatic rings. The summed E-state index contributed by atoms with van der Waals surface area (Å²) in [6.45, 7) is 3.99. The second kappa shape index (κ2) is 15.9. The van der Waals surface area contributed by atoms with Crippen LogP contribution in [0.15, 0.2) is 114 Å². The van der Waals surface area contributed by atoms with Crippen LogP contribution in [0, 0.1) is 5.82 Å². The highest BCUT2D eigenvalue weighted by Crippen LogP contribution is 2.27. The van der Waals surface area contributed by atoms with Crippen molar-refractivity contribution in [3.8, 4) is 5.75 Å². The molecule has 45 heavy (non-hydrogen) atoms. The summed E-state index contributed by atoms with van der Waals surface area (Å²) in [5.74, 6) is -0.845. The van der Waals surface area contributed by atoms with Crippen LogP contribution >= 0.6 is 0 Å². The Labute approximate surface area is 264 Å². The first-order valence-corrected chi connectivity index (χ1v) is 16.3. The lowest BCUT2D eigenvalue weighted by atomic mass is 10.0. The van der Waals surface area contributed by atoms with Gasteiger partial charge in [0.25, 0.3) is 10.0 Å². The third kappa shape index (κ3) is 8.92. The molecule has 0 saturated carbocycles. The molecule has 0 aliphatic heterocycles. The molecule has 0 bridgehead atoms. The van der Waals surface area contributed by atoms with Gasteiger partial charge in [-0.1, -0.05) is 67.6 Å². The molecule has 0 aromatic heterocycles. The highest BCUT2D eigenvalue weighted by Gasteiger charge is 2.34. The van der Waals surface area contributed by atoms with Crippen molar-refractivity contribution in [1.29, 1.82) is 0 Å². The van der Waals surface area contributed by atoms with E-state index in [1.165, 1.54) is 29.2 Å². The Morgan fingerprint density at radius 3 is 2.04 bits per heavy atom. The monoisotopic (exact) mass is 631 g/mol. The van der Waals surface area contributed by atoms with Crippen molar-refractivity contribution >= 4 is 27.5 Å². The molecule has 2 amide bonds. The predicted molar refractivity (Wildman–Crippen MR) is 173 cm³/mol. The zero-order valence-electron chi connectivity index (χ0n) is 25.4. The van der Waals surface area contributed by atoms with Crippen LogP contribution < -0.4 is 14.4 Å². The van der Waals surface area contributed by atoms with Gasteiger partial charge in [-0.2, -0.15) is 0 Å². The maximum absolute atomic E-state index is 14.4. The summed E-state index contributed by atoms with van der Waals surface area (Å²) in [5.41, 5.74) is 1.67. The van der Waals surface area contributed by atoms with Crippen LogP contribution in [0.25, 0.3) is 0 Å². The van der Waals surface area contributed by atoms with E-state index >= 15 is 0 Å². The first kappa shape index (κ1) is 33.2. The molecule has 0 spiro atoms. The van der Waals surface area contributed by atoms with E-state index < -0.39 is 34.3 Å². The predicted octanol–water partition coefficient (Wildman–Crippen LogP) is 5.59. The maximum atomic E-state index is 14.4. The minimum absolute atomic E-state index is 0.0123. The van der Waals surface area contributed by atoms with Gasteiger partial charge < -0.3 is 15.0 Å². The number of anilines is 1. The summed E-state index contributed by atoms with van der Waals surface area (Å²) in [5, 5.41) is 2.90. The van der Waals surface area contributed by atoms with Gasteiger partial charge in [-0.25, -0.2) is 12.8 Å². The number of nitrogens with one attached hydrogen (secondary N) is 1. The van der Waals surface area contributed by atoms with Crippen molar-refractivity contribution in [2.24, 2.45) is 0 Å². The molecular formula is C35H38FN3O5S. The van der Waals surface area contributed by atoms with Gasteiger partial charge in [0, 0.05) is 19.5 Å². The standard InChI is InChI=1S/C35H38FN3O5S/c1-3-23-37-35(41)33(24-27-11-7-5-8-12-27)38(25-28-15-17-29(36)18-16-28)34(40)26-39(30-19-21-31(22-20-30)44-4-2)45(42,43)32-13-9-6-10-14-32/h5-22,33H,3-4,23-26H2,1-2H3,(H,37,41)/t33-/m1/s1. The number of sulfonamides is 1. The van der Waals surface area contributed by atoms with Gasteiger partial charge >= 0.3 is 0 Å². The van der Waals surface area contributed by atoms with E-state index in [4.69, 9.17) is 4.74 Å². The molecule has 1 N–H and O–H groups in total. The van der Waals surface area contributed by atoms with E-state index in [0.717, 1.165) is 9.87 Å². The number of hydrogen-bond acceptors (Lipinski definition) is 5. The van der Waals surface area contributed by atoms with Crippen molar-refractivity contribution in [3.63, 3.8) is 0 Å². The Balaban J connectivity index is 1.78. The smallest absolute Gasteiger partial charge is 0.264 e. The molecule has 0 aliphatic carbocycles. The molecule has 0 heterocycles. The number of rotatable bonds is 15. The zero-order valence-corrected chi connectivity index (χ0v) is 26.3. The molecule has 4 aromatic carbocycles. The second-order valence-electron chi connectivity index (χ2n) is 10.4. The van der Waals surface area contributed by atoms with Crippen molar-refractivity contribution < 1.29 is 27.1 Å². The summed E-state index contributed by atoms with van der Waals surface area (Å²) < 4.78 is 48.5. The molecule has 4 rings (SSSR count). The minimum atomic E-state index is -4.21. The van der Waals surface area contributed by atoms with E-state index in [1.54, 1.807) is 54.6 Å². The summed E-state index contributed by atoms with van der Waals surface area (Å²) >= 11 is 0. The molecule has 0 unspecified atom stereocenters. The van der Waals surface area contributed by atoms with Crippen LogP contribution in [0.1, 0.15) is 31.4 Å². The molecule has 10 heteroatoms. The molecule has 236 valence electrons. The van der Waals surface area contributed by atoms with Crippen LogP contribution in [0.3, 0.4) is 0 Å². The quantitative estimate of drug-likeness (QED) is 0.185. The summed E-state index contributed by atoms with van der Waals surface area (Å²) in [4.78, 5) is 29.5. The van der Waals surface area contributed by atoms with Crippen LogP contribution in [-0.4, -0.2) is 50.9 Å². The van der Waals surface area contributed by atoms with Crippen molar-refractivity contribution in [2.75, 3.05) is 24.0 Å². The van der Waals surface area contributed by atoms with E-state index in [1.807, 2.05) is 44.2 Å².